The highest BCUT2D eigenvalue weighted by Crippen LogP contribution is 2.35. The predicted molar refractivity (Wildman–Crippen MR) is 76.1 cm³/mol. The van der Waals surface area contributed by atoms with E-state index in [0.717, 1.165) is 32.2 Å². The minimum atomic E-state index is -3.12. The molecule has 0 saturated heterocycles. The molecule has 1 aliphatic carbocycles. The molecule has 0 bridgehead atoms. The first-order valence-electron chi connectivity index (χ1n) is 7.05. The monoisotopic (exact) mass is 276 g/mol. The number of hydrogen-bond acceptors (Lipinski definition) is 3. The van der Waals surface area contributed by atoms with E-state index in [2.05, 4.69) is 30.8 Å². The van der Waals surface area contributed by atoms with Crippen LogP contribution in [-0.2, 0) is 10.0 Å². The summed E-state index contributed by atoms with van der Waals surface area (Å²) in [6.07, 6.45) is 5.28. The Morgan fingerprint density at radius 3 is 2.61 bits per heavy atom. The second-order valence-electron chi connectivity index (χ2n) is 6.14. The largest absolute Gasteiger partial charge is 0.316 e. The Labute approximate surface area is 112 Å². The first kappa shape index (κ1) is 15.9. The second kappa shape index (κ2) is 6.87. The summed E-state index contributed by atoms with van der Waals surface area (Å²) in [5, 5.41) is 3.13. The highest BCUT2D eigenvalue weighted by Gasteiger charge is 2.30. The Balaban J connectivity index is 2.35. The highest BCUT2D eigenvalue weighted by atomic mass is 32.2. The van der Waals surface area contributed by atoms with E-state index in [1.54, 1.807) is 0 Å². The number of sulfonamides is 1. The van der Waals surface area contributed by atoms with Gasteiger partial charge in [0.2, 0.25) is 10.0 Å². The molecular formula is C13H28N2O2S. The fraction of sp³-hybridized carbons (Fsp3) is 1.00. The Kier molecular flexibility index (Phi) is 6.08. The van der Waals surface area contributed by atoms with Crippen molar-refractivity contribution in [2.24, 2.45) is 5.41 Å². The van der Waals surface area contributed by atoms with Crippen LogP contribution in [0.5, 0.6) is 0 Å². The molecule has 1 rings (SSSR count). The Morgan fingerprint density at radius 1 is 1.28 bits per heavy atom. The molecule has 18 heavy (non-hydrogen) atoms. The fourth-order valence-corrected chi connectivity index (χ4v) is 3.86. The highest BCUT2D eigenvalue weighted by molar-refractivity contribution is 7.89. The minimum absolute atomic E-state index is 0.130. The van der Waals surface area contributed by atoms with Gasteiger partial charge in [0.15, 0.2) is 0 Å². The van der Waals surface area contributed by atoms with Crippen LogP contribution < -0.4 is 10.0 Å². The summed E-state index contributed by atoms with van der Waals surface area (Å²) in [5.41, 5.74) is 0.270. The number of rotatable bonds is 7. The van der Waals surface area contributed by atoms with Crippen LogP contribution in [0.2, 0.25) is 0 Å². The van der Waals surface area contributed by atoms with Crippen LogP contribution in [-0.4, -0.2) is 33.3 Å². The maximum atomic E-state index is 11.9. The van der Waals surface area contributed by atoms with Gasteiger partial charge in [-0.1, -0.05) is 27.2 Å². The Hall–Kier alpha value is -0.130. The molecule has 108 valence electrons. The van der Waals surface area contributed by atoms with E-state index in [-0.39, 0.29) is 17.2 Å². The molecule has 5 heteroatoms. The second-order valence-corrected chi connectivity index (χ2v) is 8.02. The maximum absolute atomic E-state index is 11.9. The van der Waals surface area contributed by atoms with Gasteiger partial charge in [-0.25, -0.2) is 13.1 Å². The summed E-state index contributed by atoms with van der Waals surface area (Å²) in [7, 11) is -3.12. The molecular weight excluding hydrogens is 248 g/mol. The number of nitrogens with one attached hydrogen (secondary N) is 2. The third-order valence-corrected chi connectivity index (χ3v) is 4.96. The average Bonchev–Trinajstić information content (AvgIpc) is 2.22. The van der Waals surface area contributed by atoms with E-state index < -0.39 is 10.0 Å². The van der Waals surface area contributed by atoms with Crippen molar-refractivity contribution in [3.63, 3.8) is 0 Å². The molecule has 1 aliphatic rings. The molecule has 0 aromatic carbocycles. The predicted octanol–water partition coefficient (Wildman–Crippen LogP) is 1.87. The van der Waals surface area contributed by atoms with Crippen molar-refractivity contribution < 1.29 is 8.42 Å². The standard InChI is InChI=1S/C13H28N2O2S/c1-4-8-14-9-10-18(16,17)15-12-6-5-7-13(2,3)11-12/h12,14-15H,4-11H2,1-3H3. The van der Waals surface area contributed by atoms with Crippen molar-refractivity contribution >= 4 is 10.0 Å². The lowest BCUT2D eigenvalue weighted by Crippen LogP contribution is -2.43. The van der Waals surface area contributed by atoms with Crippen molar-refractivity contribution in [1.29, 1.82) is 0 Å². The van der Waals surface area contributed by atoms with Crippen molar-refractivity contribution in [2.75, 3.05) is 18.8 Å². The molecule has 1 unspecified atom stereocenters. The van der Waals surface area contributed by atoms with Crippen LogP contribution in [0.25, 0.3) is 0 Å². The average molecular weight is 276 g/mol. The summed E-state index contributed by atoms with van der Waals surface area (Å²) < 4.78 is 26.7. The first-order valence-corrected chi connectivity index (χ1v) is 8.70. The zero-order valence-electron chi connectivity index (χ0n) is 12.0. The van der Waals surface area contributed by atoms with E-state index in [1.165, 1.54) is 6.42 Å². The molecule has 2 N–H and O–H groups in total. The summed E-state index contributed by atoms with van der Waals surface area (Å²) in [6, 6.07) is 0.130. The summed E-state index contributed by atoms with van der Waals surface area (Å²) in [6.45, 7) is 7.93. The Bertz CT molecular complexity index is 339. The molecule has 1 saturated carbocycles. The quantitative estimate of drug-likeness (QED) is 0.698. The van der Waals surface area contributed by atoms with E-state index in [1.807, 2.05) is 0 Å². The van der Waals surface area contributed by atoms with Gasteiger partial charge in [0.1, 0.15) is 0 Å². The lowest BCUT2D eigenvalue weighted by molar-refractivity contribution is 0.212. The third kappa shape index (κ3) is 6.16. The molecule has 0 aromatic heterocycles. The van der Waals surface area contributed by atoms with Crippen LogP contribution in [0.1, 0.15) is 52.9 Å². The number of hydrogen-bond donors (Lipinski definition) is 2. The van der Waals surface area contributed by atoms with Gasteiger partial charge in [-0.05, 0) is 37.6 Å². The van der Waals surface area contributed by atoms with Crippen LogP contribution in [0.3, 0.4) is 0 Å². The third-order valence-electron chi connectivity index (χ3n) is 3.53. The normalized spacial score (nSPS) is 24.1. The molecule has 0 radical (unpaired) electrons. The van der Waals surface area contributed by atoms with Gasteiger partial charge < -0.3 is 5.32 Å². The molecule has 1 fully saturated rings. The zero-order chi connectivity index (χ0) is 13.6. The molecule has 0 amide bonds. The summed E-state index contributed by atoms with van der Waals surface area (Å²) in [4.78, 5) is 0. The van der Waals surface area contributed by atoms with E-state index in [9.17, 15) is 8.42 Å². The van der Waals surface area contributed by atoms with Gasteiger partial charge in [-0.2, -0.15) is 0 Å². The topological polar surface area (TPSA) is 58.2 Å². The SMILES string of the molecule is CCCNCCS(=O)(=O)NC1CCCC(C)(C)C1. The lowest BCUT2D eigenvalue weighted by Gasteiger charge is -2.35. The Morgan fingerprint density at radius 2 is 2.00 bits per heavy atom. The smallest absolute Gasteiger partial charge is 0.213 e. The molecule has 4 nitrogen and oxygen atoms in total. The molecule has 0 heterocycles. The van der Waals surface area contributed by atoms with Gasteiger partial charge in [-0.15, -0.1) is 0 Å². The zero-order valence-corrected chi connectivity index (χ0v) is 12.8. The van der Waals surface area contributed by atoms with Crippen LogP contribution in [0.4, 0.5) is 0 Å². The summed E-state index contributed by atoms with van der Waals surface area (Å²) in [5.74, 6) is 0.184. The van der Waals surface area contributed by atoms with Crippen LogP contribution in [0, 0.1) is 5.41 Å². The molecule has 1 atom stereocenters. The first-order chi connectivity index (χ1) is 8.35. The van der Waals surface area contributed by atoms with E-state index >= 15 is 0 Å². The molecule has 0 aromatic rings. The van der Waals surface area contributed by atoms with Crippen molar-refractivity contribution in [2.45, 2.75) is 58.9 Å². The van der Waals surface area contributed by atoms with E-state index in [4.69, 9.17) is 0 Å². The molecule has 0 aliphatic heterocycles. The van der Waals surface area contributed by atoms with Crippen LogP contribution in [0.15, 0.2) is 0 Å². The van der Waals surface area contributed by atoms with Gasteiger partial charge in [0, 0.05) is 12.6 Å². The van der Waals surface area contributed by atoms with Crippen molar-refractivity contribution in [3.05, 3.63) is 0 Å². The van der Waals surface area contributed by atoms with Crippen molar-refractivity contribution in [3.8, 4) is 0 Å². The molecule has 0 spiro atoms. The van der Waals surface area contributed by atoms with Crippen LogP contribution >= 0.6 is 0 Å². The van der Waals surface area contributed by atoms with Gasteiger partial charge in [-0.3, -0.25) is 0 Å². The summed E-state index contributed by atoms with van der Waals surface area (Å²) >= 11 is 0. The van der Waals surface area contributed by atoms with E-state index in [0.29, 0.717) is 6.54 Å². The fourth-order valence-electron chi connectivity index (χ4n) is 2.62. The van der Waals surface area contributed by atoms with Gasteiger partial charge in [0.25, 0.3) is 0 Å². The maximum Gasteiger partial charge on any atom is 0.213 e. The van der Waals surface area contributed by atoms with Crippen molar-refractivity contribution in [1.82, 2.24) is 10.0 Å². The lowest BCUT2D eigenvalue weighted by atomic mass is 9.75. The van der Waals surface area contributed by atoms with Gasteiger partial charge >= 0.3 is 0 Å². The minimum Gasteiger partial charge on any atom is -0.316 e. The van der Waals surface area contributed by atoms with Gasteiger partial charge in [0.05, 0.1) is 5.75 Å².